The number of hydrogen-bond acceptors (Lipinski definition) is 5. The number of rotatable bonds is 3. The highest BCUT2D eigenvalue weighted by molar-refractivity contribution is 5.69. The predicted octanol–water partition coefficient (Wildman–Crippen LogP) is 2.25. The fraction of sp³-hybridized carbons (Fsp3) is 0.250. The smallest absolute Gasteiger partial charge is 0.225 e. The predicted molar refractivity (Wildman–Crippen MR) is 64.2 cm³/mol. The van der Waals surface area contributed by atoms with Gasteiger partial charge in [-0.05, 0) is 25.1 Å². The van der Waals surface area contributed by atoms with Crippen LogP contribution in [0.3, 0.4) is 0 Å². The van der Waals surface area contributed by atoms with Crippen LogP contribution in [0.25, 0.3) is 11.3 Å². The van der Waals surface area contributed by atoms with Crippen molar-refractivity contribution in [2.24, 2.45) is 0 Å². The van der Waals surface area contributed by atoms with Gasteiger partial charge in [0, 0.05) is 11.1 Å². The molecule has 0 atom stereocenters. The van der Waals surface area contributed by atoms with E-state index in [9.17, 15) is 0 Å². The van der Waals surface area contributed by atoms with Gasteiger partial charge in [0.25, 0.3) is 0 Å². The molecule has 2 aromatic rings. The first kappa shape index (κ1) is 11.3. The van der Waals surface area contributed by atoms with Crippen LogP contribution in [0.5, 0.6) is 11.5 Å². The van der Waals surface area contributed by atoms with E-state index >= 15 is 0 Å². The lowest BCUT2D eigenvalue weighted by atomic mass is 10.1. The van der Waals surface area contributed by atoms with Gasteiger partial charge in [-0.15, -0.1) is 0 Å². The van der Waals surface area contributed by atoms with Crippen molar-refractivity contribution in [2.75, 3.05) is 20.0 Å². The third kappa shape index (κ3) is 1.91. The van der Waals surface area contributed by atoms with Crippen LogP contribution in [0.4, 0.5) is 5.88 Å². The summed E-state index contributed by atoms with van der Waals surface area (Å²) in [5.74, 6) is 1.64. The number of nitrogen functional groups attached to an aromatic ring is 1. The van der Waals surface area contributed by atoms with Gasteiger partial charge in [0.2, 0.25) is 5.88 Å². The first-order valence-electron chi connectivity index (χ1n) is 5.11. The molecular formula is C12H14N2O3. The van der Waals surface area contributed by atoms with E-state index in [1.54, 1.807) is 14.2 Å². The zero-order valence-corrected chi connectivity index (χ0v) is 9.98. The Morgan fingerprint density at radius 3 is 2.41 bits per heavy atom. The van der Waals surface area contributed by atoms with E-state index in [1.165, 1.54) is 0 Å². The van der Waals surface area contributed by atoms with Crippen molar-refractivity contribution in [1.29, 1.82) is 0 Å². The number of nitrogens with zero attached hydrogens (tertiary/aromatic N) is 1. The molecule has 2 N–H and O–H groups in total. The normalized spacial score (nSPS) is 10.3. The minimum atomic E-state index is 0.329. The number of methoxy groups -OCH3 is 2. The Morgan fingerprint density at radius 1 is 1.18 bits per heavy atom. The zero-order chi connectivity index (χ0) is 12.4. The van der Waals surface area contributed by atoms with E-state index in [-0.39, 0.29) is 0 Å². The van der Waals surface area contributed by atoms with Gasteiger partial charge in [-0.25, -0.2) is 0 Å². The maximum Gasteiger partial charge on any atom is 0.225 e. The molecule has 0 fully saturated rings. The van der Waals surface area contributed by atoms with E-state index in [4.69, 9.17) is 19.7 Å². The third-order valence-electron chi connectivity index (χ3n) is 2.62. The molecule has 0 saturated heterocycles. The fourth-order valence-electron chi connectivity index (χ4n) is 1.60. The van der Waals surface area contributed by atoms with Crippen molar-refractivity contribution in [3.05, 3.63) is 23.8 Å². The molecule has 0 radical (unpaired) electrons. The molecule has 17 heavy (non-hydrogen) atoms. The molecule has 0 aliphatic carbocycles. The van der Waals surface area contributed by atoms with Crippen LogP contribution in [-0.4, -0.2) is 19.4 Å². The lowest BCUT2D eigenvalue weighted by Gasteiger charge is -2.08. The van der Waals surface area contributed by atoms with E-state index in [1.807, 2.05) is 25.1 Å². The molecule has 0 unspecified atom stereocenters. The molecule has 0 amide bonds. The largest absolute Gasteiger partial charge is 0.493 e. The summed E-state index contributed by atoms with van der Waals surface area (Å²) < 4.78 is 15.3. The SMILES string of the molecule is COc1ccc(-c2noc(N)c2C)cc1OC. The zero-order valence-electron chi connectivity index (χ0n) is 9.98. The minimum Gasteiger partial charge on any atom is -0.493 e. The Kier molecular flexibility index (Phi) is 2.91. The molecule has 5 nitrogen and oxygen atoms in total. The number of aromatic nitrogens is 1. The first-order valence-corrected chi connectivity index (χ1v) is 5.11. The van der Waals surface area contributed by atoms with Gasteiger partial charge in [0.05, 0.1) is 14.2 Å². The maximum absolute atomic E-state index is 5.62. The summed E-state index contributed by atoms with van der Waals surface area (Å²) >= 11 is 0. The average molecular weight is 234 g/mol. The van der Waals surface area contributed by atoms with Crippen LogP contribution in [0, 0.1) is 6.92 Å². The molecule has 2 rings (SSSR count). The van der Waals surface area contributed by atoms with E-state index < -0.39 is 0 Å². The molecule has 90 valence electrons. The summed E-state index contributed by atoms with van der Waals surface area (Å²) in [5.41, 5.74) is 8.02. The van der Waals surface area contributed by atoms with Gasteiger partial charge in [0.1, 0.15) is 5.69 Å². The van der Waals surface area contributed by atoms with Crippen molar-refractivity contribution in [2.45, 2.75) is 6.92 Å². The fourth-order valence-corrected chi connectivity index (χ4v) is 1.60. The number of anilines is 1. The summed E-state index contributed by atoms with van der Waals surface area (Å²) in [7, 11) is 3.18. The van der Waals surface area contributed by atoms with Gasteiger partial charge in [-0.1, -0.05) is 5.16 Å². The molecule has 0 spiro atoms. The molecular weight excluding hydrogens is 220 g/mol. The van der Waals surface area contributed by atoms with E-state index in [0.29, 0.717) is 23.1 Å². The number of nitrogens with two attached hydrogens (primary N) is 1. The van der Waals surface area contributed by atoms with Crippen molar-refractivity contribution < 1.29 is 14.0 Å². The van der Waals surface area contributed by atoms with Gasteiger partial charge < -0.3 is 19.7 Å². The van der Waals surface area contributed by atoms with Crippen LogP contribution >= 0.6 is 0 Å². The Morgan fingerprint density at radius 2 is 1.88 bits per heavy atom. The monoisotopic (exact) mass is 234 g/mol. The van der Waals surface area contributed by atoms with Crippen LogP contribution in [0.1, 0.15) is 5.56 Å². The first-order chi connectivity index (χ1) is 8.17. The van der Waals surface area contributed by atoms with Crippen LogP contribution in [-0.2, 0) is 0 Å². The molecule has 5 heteroatoms. The molecule has 1 aromatic heterocycles. The lowest BCUT2D eigenvalue weighted by Crippen LogP contribution is -1.91. The second-order valence-electron chi connectivity index (χ2n) is 3.59. The Balaban J connectivity index is 2.50. The summed E-state index contributed by atoms with van der Waals surface area (Å²) in [5, 5.41) is 3.92. The quantitative estimate of drug-likeness (QED) is 0.881. The topological polar surface area (TPSA) is 70.5 Å². The van der Waals surface area contributed by atoms with Crippen LogP contribution in [0.2, 0.25) is 0 Å². The van der Waals surface area contributed by atoms with Crippen LogP contribution in [0.15, 0.2) is 22.7 Å². The molecule has 0 bridgehead atoms. The summed E-state index contributed by atoms with van der Waals surface area (Å²) in [6.45, 7) is 1.86. The molecule has 1 heterocycles. The Labute approximate surface area is 99.1 Å². The number of ether oxygens (including phenoxy) is 2. The van der Waals surface area contributed by atoms with Crippen molar-refractivity contribution >= 4 is 5.88 Å². The Bertz CT molecular complexity index is 535. The average Bonchev–Trinajstić information content (AvgIpc) is 2.69. The second-order valence-corrected chi connectivity index (χ2v) is 3.59. The van der Waals surface area contributed by atoms with Gasteiger partial charge >= 0.3 is 0 Å². The molecule has 0 aliphatic heterocycles. The van der Waals surface area contributed by atoms with Gasteiger partial charge in [0.15, 0.2) is 11.5 Å². The highest BCUT2D eigenvalue weighted by atomic mass is 16.5. The maximum atomic E-state index is 5.62. The van der Waals surface area contributed by atoms with Crippen LogP contribution < -0.4 is 15.2 Å². The molecule has 1 aromatic carbocycles. The lowest BCUT2D eigenvalue weighted by molar-refractivity contribution is 0.355. The number of benzene rings is 1. The van der Waals surface area contributed by atoms with Crippen molar-refractivity contribution in [3.8, 4) is 22.8 Å². The third-order valence-corrected chi connectivity index (χ3v) is 2.62. The second kappa shape index (κ2) is 4.37. The summed E-state index contributed by atoms with van der Waals surface area (Å²) in [6.07, 6.45) is 0. The summed E-state index contributed by atoms with van der Waals surface area (Å²) in [6, 6.07) is 5.53. The van der Waals surface area contributed by atoms with E-state index in [2.05, 4.69) is 5.16 Å². The van der Waals surface area contributed by atoms with Crippen molar-refractivity contribution in [1.82, 2.24) is 5.16 Å². The molecule has 0 aliphatic rings. The Hall–Kier alpha value is -2.17. The molecule has 0 saturated carbocycles. The highest BCUT2D eigenvalue weighted by Crippen LogP contribution is 2.34. The van der Waals surface area contributed by atoms with Gasteiger partial charge in [-0.2, -0.15) is 0 Å². The summed E-state index contributed by atoms with van der Waals surface area (Å²) in [4.78, 5) is 0. The van der Waals surface area contributed by atoms with Crippen molar-refractivity contribution in [3.63, 3.8) is 0 Å². The highest BCUT2D eigenvalue weighted by Gasteiger charge is 2.13. The standard InChI is InChI=1S/C12H14N2O3/c1-7-11(14-17-12(7)13)8-4-5-9(15-2)10(6-8)16-3/h4-6H,13H2,1-3H3. The minimum absolute atomic E-state index is 0.329. The van der Waals surface area contributed by atoms with E-state index in [0.717, 1.165) is 11.1 Å². The number of hydrogen-bond donors (Lipinski definition) is 1. The van der Waals surface area contributed by atoms with Gasteiger partial charge in [-0.3, -0.25) is 0 Å².